The highest BCUT2D eigenvalue weighted by Crippen LogP contribution is 2.06. The van der Waals surface area contributed by atoms with Crippen molar-refractivity contribution in [1.82, 2.24) is 29.7 Å². The Morgan fingerprint density at radius 3 is 2.70 bits per heavy atom. The monoisotopic (exact) mass is 311 g/mol. The molecule has 8 heteroatoms. The minimum absolute atomic E-state index is 0.231. The number of aromatic nitrogens is 5. The van der Waals surface area contributed by atoms with Crippen LogP contribution in [0.4, 0.5) is 5.95 Å². The summed E-state index contributed by atoms with van der Waals surface area (Å²) in [5.74, 6) is 0.274. The van der Waals surface area contributed by atoms with Gasteiger partial charge >= 0.3 is 0 Å². The summed E-state index contributed by atoms with van der Waals surface area (Å²) in [6.07, 6.45) is 9.87. The molecule has 3 heterocycles. The Morgan fingerprint density at radius 2 is 1.96 bits per heavy atom. The van der Waals surface area contributed by atoms with Gasteiger partial charge in [0.05, 0.1) is 30.2 Å². The molecule has 0 aliphatic carbocycles. The minimum atomic E-state index is -0.231. The molecule has 0 saturated carbocycles. The predicted molar refractivity (Wildman–Crippen MR) is 84.9 cm³/mol. The van der Waals surface area contributed by atoms with Gasteiger partial charge in [0, 0.05) is 30.8 Å². The zero-order valence-corrected chi connectivity index (χ0v) is 12.9. The zero-order chi connectivity index (χ0) is 16.2. The van der Waals surface area contributed by atoms with Crippen LogP contribution in [-0.2, 0) is 6.54 Å². The lowest BCUT2D eigenvalue weighted by molar-refractivity contribution is 0.0949. The summed E-state index contributed by atoms with van der Waals surface area (Å²) < 4.78 is 1.87. The second kappa shape index (κ2) is 6.39. The Kier molecular flexibility index (Phi) is 4.13. The van der Waals surface area contributed by atoms with E-state index in [9.17, 15) is 4.79 Å². The lowest BCUT2D eigenvalue weighted by Crippen LogP contribution is -2.24. The number of carbonyl (C=O) groups excluding carboxylic acids is 1. The molecule has 0 fully saturated rings. The first-order valence-corrected chi connectivity index (χ1v) is 7.26. The van der Waals surface area contributed by atoms with Gasteiger partial charge in [0.2, 0.25) is 5.95 Å². The molecule has 0 bridgehead atoms. The molecule has 0 spiro atoms. The Labute approximate surface area is 133 Å². The van der Waals surface area contributed by atoms with E-state index in [1.54, 1.807) is 24.8 Å². The number of carbonyl (C=O) groups is 1. The molecule has 0 atom stereocenters. The highest BCUT2D eigenvalue weighted by Gasteiger charge is 2.09. The summed E-state index contributed by atoms with van der Waals surface area (Å²) in [7, 11) is 0. The highest BCUT2D eigenvalue weighted by molar-refractivity contribution is 5.93. The van der Waals surface area contributed by atoms with Crippen molar-refractivity contribution >= 4 is 17.5 Å². The molecule has 3 aromatic rings. The van der Waals surface area contributed by atoms with E-state index in [0.717, 1.165) is 11.3 Å². The average Bonchev–Trinajstić information content (AvgIpc) is 2.96. The summed E-state index contributed by atoms with van der Waals surface area (Å²) in [6.45, 7) is 4.35. The van der Waals surface area contributed by atoms with Crippen LogP contribution in [0.15, 0.2) is 37.2 Å². The van der Waals surface area contributed by atoms with E-state index in [0.29, 0.717) is 18.1 Å². The van der Waals surface area contributed by atoms with Crippen molar-refractivity contribution in [2.45, 2.75) is 26.4 Å². The van der Waals surface area contributed by atoms with E-state index < -0.39 is 0 Å². The minimum Gasteiger partial charge on any atom is -0.352 e. The number of fused-ring (bicyclic) bond motifs is 1. The van der Waals surface area contributed by atoms with Crippen LogP contribution in [0.3, 0.4) is 0 Å². The molecule has 8 nitrogen and oxygen atoms in total. The van der Waals surface area contributed by atoms with Gasteiger partial charge in [-0.15, -0.1) is 0 Å². The van der Waals surface area contributed by atoms with Crippen molar-refractivity contribution in [2.24, 2.45) is 0 Å². The van der Waals surface area contributed by atoms with Crippen LogP contribution in [0.5, 0.6) is 0 Å². The fraction of sp³-hybridized carbons (Fsp3) is 0.267. The predicted octanol–water partition coefficient (Wildman–Crippen LogP) is 1.27. The molecule has 0 radical (unpaired) electrons. The Morgan fingerprint density at radius 1 is 1.17 bits per heavy atom. The first kappa shape index (κ1) is 14.9. The molecular formula is C15H17N7O. The summed E-state index contributed by atoms with van der Waals surface area (Å²) in [4.78, 5) is 28.6. The molecule has 3 rings (SSSR count). The van der Waals surface area contributed by atoms with Crippen LogP contribution in [-0.4, -0.2) is 36.3 Å². The summed E-state index contributed by atoms with van der Waals surface area (Å²) in [6, 6.07) is 0.235. The Bertz CT molecular complexity index is 810. The molecule has 23 heavy (non-hydrogen) atoms. The smallest absolute Gasteiger partial charge is 0.254 e. The van der Waals surface area contributed by atoms with Gasteiger partial charge in [-0.25, -0.2) is 15.0 Å². The number of nitrogens with zero attached hydrogens (tertiary/aromatic N) is 5. The van der Waals surface area contributed by atoms with Crippen molar-refractivity contribution in [3.63, 3.8) is 0 Å². The number of rotatable bonds is 5. The largest absolute Gasteiger partial charge is 0.352 e. The molecule has 0 aromatic carbocycles. The van der Waals surface area contributed by atoms with Gasteiger partial charge in [0.15, 0.2) is 5.65 Å². The maximum absolute atomic E-state index is 12.2. The number of nitrogens with one attached hydrogen (secondary N) is 2. The van der Waals surface area contributed by atoms with E-state index in [4.69, 9.17) is 0 Å². The van der Waals surface area contributed by atoms with E-state index in [1.807, 2.05) is 18.2 Å². The van der Waals surface area contributed by atoms with Gasteiger partial charge in [-0.3, -0.25) is 14.2 Å². The van der Waals surface area contributed by atoms with E-state index in [1.165, 1.54) is 12.4 Å². The molecule has 2 N–H and O–H groups in total. The summed E-state index contributed by atoms with van der Waals surface area (Å²) in [5.41, 5.74) is 2.02. The molecule has 0 saturated heterocycles. The fourth-order valence-corrected chi connectivity index (χ4v) is 2.08. The zero-order valence-electron chi connectivity index (χ0n) is 12.9. The SMILES string of the molecule is CC(C)Nc1ncc(C(=O)NCc2cnc3cnccn23)cn1. The van der Waals surface area contributed by atoms with E-state index >= 15 is 0 Å². The first-order valence-electron chi connectivity index (χ1n) is 7.26. The van der Waals surface area contributed by atoms with Gasteiger partial charge < -0.3 is 10.6 Å². The second-order valence-corrected chi connectivity index (χ2v) is 5.33. The lowest BCUT2D eigenvalue weighted by Gasteiger charge is -2.08. The van der Waals surface area contributed by atoms with Crippen molar-refractivity contribution in [1.29, 1.82) is 0 Å². The standard InChI is InChI=1S/C15H17N7O/c1-10(2)21-15-19-5-11(6-20-15)14(23)18-8-12-7-17-13-9-16-3-4-22(12)13/h3-7,9-10H,8H2,1-2H3,(H,18,23)(H,19,20,21). The maximum atomic E-state index is 12.2. The third kappa shape index (κ3) is 3.42. The van der Waals surface area contributed by atoms with E-state index in [2.05, 4.69) is 30.6 Å². The molecule has 0 aliphatic rings. The van der Waals surface area contributed by atoms with Gasteiger partial charge in [0.25, 0.3) is 5.91 Å². The van der Waals surface area contributed by atoms with E-state index in [-0.39, 0.29) is 11.9 Å². The van der Waals surface area contributed by atoms with Crippen molar-refractivity contribution in [3.8, 4) is 0 Å². The number of amides is 1. The van der Waals surface area contributed by atoms with Crippen molar-refractivity contribution in [3.05, 3.63) is 48.4 Å². The maximum Gasteiger partial charge on any atom is 0.254 e. The molecule has 118 valence electrons. The van der Waals surface area contributed by atoms with Crippen LogP contribution in [0, 0.1) is 0 Å². The Hall–Kier alpha value is -3.03. The molecule has 0 aliphatic heterocycles. The number of imidazole rings is 1. The van der Waals surface area contributed by atoms with Crippen LogP contribution >= 0.6 is 0 Å². The van der Waals surface area contributed by atoms with Crippen LogP contribution < -0.4 is 10.6 Å². The summed E-state index contributed by atoms with van der Waals surface area (Å²) in [5, 5.41) is 5.91. The first-order chi connectivity index (χ1) is 11.1. The lowest BCUT2D eigenvalue weighted by atomic mass is 10.3. The average molecular weight is 311 g/mol. The number of anilines is 1. The van der Waals surface area contributed by atoms with Crippen molar-refractivity contribution < 1.29 is 4.79 Å². The van der Waals surface area contributed by atoms with Gasteiger partial charge in [-0.05, 0) is 13.8 Å². The summed E-state index contributed by atoms with van der Waals surface area (Å²) >= 11 is 0. The molecule has 3 aromatic heterocycles. The van der Waals surface area contributed by atoms with Gasteiger partial charge in [-0.2, -0.15) is 0 Å². The molecule has 1 amide bonds. The van der Waals surface area contributed by atoms with Gasteiger partial charge in [0.1, 0.15) is 0 Å². The fourth-order valence-electron chi connectivity index (χ4n) is 2.08. The highest BCUT2D eigenvalue weighted by atomic mass is 16.1. The quantitative estimate of drug-likeness (QED) is 0.736. The Balaban J connectivity index is 1.65. The van der Waals surface area contributed by atoms with Crippen LogP contribution in [0.2, 0.25) is 0 Å². The second-order valence-electron chi connectivity index (χ2n) is 5.33. The number of hydrogen-bond acceptors (Lipinski definition) is 6. The number of hydrogen-bond donors (Lipinski definition) is 2. The van der Waals surface area contributed by atoms with Crippen molar-refractivity contribution in [2.75, 3.05) is 5.32 Å². The van der Waals surface area contributed by atoms with Gasteiger partial charge in [-0.1, -0.05) is 0 Å². The molecule has 0 unspecified atom stereocenters. The normalized spacial score (nSPS) is 10.9. The molecular weight excluding hydrogens is 294 g/mol. The topological polar surface area (TPSA) is 97.1 Å². The van der Waals surface area contributed by atoms with Crippen LogP contribution in [0.25, 0.3) is 5.65 Å². The third-order valence-corrected chi connectivity index (χ3v) is 3.16. The third-order valence-electron chi connectivity index (χ3n) is 3.16. The van der Waals surface area contributed by atoms with Crippen LogP contribution in [0.1, 0.15) is 29.9 Å².